The van der Waals surface area contributed by atoms with Crippen LogP contribution < -0.4 is 14.8 Å². The topological polar surface area (TPSA) is 71.3 Å². The van der Waals surface area contributed by atoms with Gasteiger partial charge in [-0.25, -0.2) is 4.39 Å². The molecule has 0 spiro atoms. The quantitative estimate of drug-likeness (QED) is 0.265. The number of ether oxygens (including phenoxy) is 2. The van der Waals surface area contributed by atoms with Crippen LogP contribution in [-0.2, 0) is 11.4 Å². The predicted octanol–water partition coefficient (Wildman–Crippen LogP) is 6.48. The maximum atomic E-state index is 13.1. The molecule has 3 aromatic rings. The molecule has 1 amide bonds. The molecule has 1 N–H and O–H groups in total. The largest absolute Gasteiger partial charge is 0.493 e. The molecule has 3 rings (SSSR count). The molecule has 32 heavy (non-hydrogen) atoms. The standard InChI is InChI=1S/C24H17Br2FN2O3/c1-31-22-11-16(9-17(13-28)24(30)29-20-4-2-3-18(25)12-20)10-21(26)23(22)32-14-15-5-7-19(27)8-6-15/h2-12H,14H2,1H3,(H,29,30)/b17-9-. The van der Waals surface area contributed by atoms with Gasteiger partial charge in [0.25, 0.3) is 5.91 Å². The number of carbonyl (C=O) groups excluding carboxylic acids is 1. The SMILES string of the molecule is COc1cc(/C=C(/C#N)C(=O)Nc2cccc(Br)c2)cc(Br)c1OCc1ccc(F)cc1. The highest BCUT2D eigenvalue weighted by atomic mass is 79.9. The van der Waals surface area contributed by atoms with Gasteiger partial charge in [-0.2, -0.15) is 5.26 Å². The first-order chi connectivity index (χ1) is 15.4. The molecule has 5 nitrogen and oxygen atoms in total. The van der Waals surface area contributed by atoms with Crippen LogP contribution in [0.4, 0.5) is 10.1 Å². The molecular weight excluding hydrogens is 543 g/mol. The smallest absolute Gasteiger partial charge is 0.266 e. The molecule has 0 radical (unpaired) electrons. The summed E-state index contributed by atoms with van der Waals surface area (Å²) in [5, 5.41) is 12.2. The van der Waals surface area contributed by atoms with Crippen molar-refractivity contribution >= 4 is 49.5 Å². The first-order valence-corrected chi connectivity index (χ1v) is 10.9. The molecule has 0 unspecified atom stereocenters. The van der Waals surface area contributed by atoms with Crippen molar-refractivity contribution in [3.05, 3.63) is 92.1 Å². The van der Waals surface area contributed by atoms with E-state index in [1.165, 1.54) is 25.3 Å². The number of halogens is 3. The van der Waals surface area contributed by atoms with Crippen LogP contribution in [0.1, 0.15) is 11.1 Å². The number of carbonyl (C=O) groups is 1. The summed E-state index contributed by atoms with van der Waals surface area (Å²) in [6, 6.07) is 18.4. The maximum absolute atomic E-state index is 13.1. The average molecular weight is 560 g/mol. The normalized spacial score (nSPS) is 10.9. The number of hydrogen-bond acceptors (Lipinski definition) is 4. The van der Waals surface area contributed by atoms with Crippen LogP contribution in [0.15, 0.2) is 75.2 Å². The number of rotatable bonds is 7. The van der Waals surface area contributed by atoms with Gasteiger partial charge >= 0.3 is 0 Å². The molecular formula is C24H17Br2FN2O3. The highest BCUT2D eigenvalue weighted by Gasteiger charge is 2.14. The van der Waals surface area contributed by atoms with Crippen molar-refractivity contribution in [2.24, 2.45) is 0 Å². The Morgan fingerprint density at radius 3 is 2.56 bits per heavy atom. The number of methoxy groups -OCH3 is 1. The molecule has 8 heteroatoms. The lowest BCUT2D eigenvalue weighted by atomic mass is 10.1. The fraction of sp³-hybridized carbons (Fsp3) is 0.0833. The summed E-state index contributed by atoms with van der Waals surface area (Å²) >= 11 is 6.79. The predicted molar refractivity (Wildman–Crippen MR) is 128 cm³/mol. The van der Waals surface area contributed by atoms with Gasteiger partial charge in [0.15, 0.2) is 11.5 Å². The number of nitrogens with zero attached hydrogens (tertiary/aromatic N) is 1. The van der Waals surface area contributed by atoms with Gasteiger partial charge in [-0.1, -0.05) is 34.1 Å². The number of nitrogens with one attached hydrogen (secondary N) is 1. The Labute approximate surface area is 201 Å². The fourth-order valence-corrected chi connectivity index (χ4v) is 3.75. The van der Waals surface area contributed by atoms with E-state index < -0.39 is 5.91 Å². The molecule has 0 heterocycles. The number of benzene rings is 3. The summed E-state index contributed by atoms with van der Waals surface area (Å²) in [4.78, 5) is 12.5. The van der Waals surface area contributed by atoms with Gasteiger partial charge < -0.3 is 14.8 Å². The molecule has 0 saturated heterocycles. The van der Waals surface area contributed by atoms with Gasteiger partial charge in [0, 0.05) is 10.2 Å². The first kappa shape index (κ1) is 23.5. The lowest BCUT2D eigenvalue weighted by molar-refractivity contribution is -0.112. The van der Waals surface area contributed by atoms with Crippen molar-refractivity contribution in [2.45, 2.75) is 6.61 Å². The minimum absolute atomic E-state index is 0.0705. The number of hydrogen-bond donors (Lipinski definition) is 1. The summed E-state index contributed by atoms with van der Waals surface area (Å²) in [5.74, 6) is 0.0155. The van der Waals surface area contributed by atoms with E-state index in [0.29, 0.717) is 27.2 Å². The van der Waals surface area contributed by atoms with E-state index >= 15 is 0 Å². The summed E-state index contributed by atoms with van der Waals surface area (Å²) in [6.45, 7) is 0.211. The zero-order valence-electron chi connectivity index (χ0n) is 16.9. The van der Waals surface area contributed by atoms with Gasteiger partial charge in [0.05, 0.1) is 11.6 Å². The Bertz CT molecular complexity index is 1200. The number of nitriles is 1. The third kappa shape index (κ3) is 6.19. The van der Waals surface area contributed by atoms with Crippen LogP contribution in [0.3, 0.4) is 0 Å². The molecule has 0 bridgehead atoms. The fourth-order valence-electron chi connectivity index (χ4n) is 2.78. The molecule has 3 aromatic carbocycles. The Hall–Kier alpha value is -3.15. The lowest BCUT2D eigenvalue weighted by Gasteiger charge is -2.14. The maximum Gasteiger partial charge on any atom is 0.266 e. The highest BCUT2D eigenvalue weighted by molar-refractivity contribution is 9.10. The molecule has 0 saturated carbocycles. The van der Waals surface area contributed by atoms with Gasteiger partial charge in [-0.3, -0.25) is 4.79 Å². The van der Waals surface area contributed by atoms with Crippen LogP contribution in [0.2, 0.25) is 0 Å². The van der Waals surface area contributed by atoms with E-state index in [-0.39, 0.29) is 18.0 Å². The van der Waals surface area contributed by atoms with E-state index in [1.54, 1.807) is 42.5 Å². The molecule has 0 fully saturated rings. The first-order valence-electron chi connectivity index (χ1n) is 9.33. The molecule has 162 valence electrons. The van der Waals surface area contributed by atoms with Crippen LogP contribution in [0, 0.1) is 17.1 Å². The number of anilines is 1. The summed E-state index contributed by atoms with van der Waals surface area (Å²) in [6.07, 6.45) is 1.46. The van der Waals surface area contributed by atoms with Crippen molar-refractivity contribution < 1.29 is 18.7 Å². The van der Waals surface area contributed by atoms with Crippen molar-refractivity contribution in [1.29, 1.82) is 5.26 Å². The molecule has 0 aliphatic carbocycles. The minimum atomic E-state index is -0.530. The van der Waals surface area contributed by atoms with Crippen LogP contribution in [0.25, 0.3) is 6.08 Å². The monoisotopic (exact) mass is 558 g/mol. The van der Waals surface area contributed by atoms with Crippen molar-refractivity contribution in [3.8, 4) is 17.6 Å². The molecule has 0 atom stereocenters. The van der Waals surface area contributed by atoms with Gasteiger partial charge in [-0.05, 0) is 75.6 Å². The second-order valence-corrected chi connectivity index (χ2v) is 8.35. The van der Waals surface area contributed by atoms with E-state index in [4.69, 9.17) is 9.47 Å². The van der Waals surface area contributed by atoms with E-state index in [0.717, 1.165) is 10.0 Å². The Balaban J connectivity index is 1.81. The molecule has 0 aliphatic rings. The van der Waals surface area contributed by atoms with E-state index in [9.17, 15) is 14.4 Å². The number of amides is 1. The average Bonchev–Trinajstić information content (AvgIpc) is 2.77. The third-order valence-electron chi connectivity index (χ3n) is 4.31. The second kappa shape index (κ2) is 10.9. The Morgan fingerprint density at radius 2 is 1.91 bits per heavy atom. The van der Waals surface area contributed by atoms with Crippen LogP contribution >= 0.6 is 31.9 Å². The second-order valence-electron chi connectivity index (χ2n) is 6.58. The highest BCUT2D eigenvalue weighted by Crippen LogP contribution is 2.37. The van der Waals surface area contributed by atoms with Crippen molar-refractivity contribution in [1.82, 2.24) is 0 Å². The van der Waals surface area contributed by atoms with Crippen molar-refractivity contribution in [3.63, 3.8) is 0 Å². The minimum Gasteiger partial charge on any atom is -0.493 e. The Kier molecular flexibility index (Phi) is 8.03. The van der Waals surface area contributed by atoms with E-state index in [2.05, 4.69) is 37.2 Å². The summed E-state index contributed by atoms with van der Waals surface area (Å²) < 4.78 is 25.7. The van der Waals surface area contributed by atoms with Gasteiger partial charge in [0.1, 0.15) is 24.1 Å². The van der Waals surface area contributed by atoms with Crippen molar-refractivity contribution in [2.75, 3.05) is 12.4 Å². The van der Waals surface area contributed by atoms with Gasteiger partial charge in [-0.15, -0.1) is 0 Å². The lowest BCUT2D eigenvalue weighted by Crippen LogP contribution is -2.13. The Morgan fingerprint density at radius 1 is 1.16 bits per heavy atom. The molecule has 0 aliphatic heterocycles. The zero-order valence-corrected chi connectivity index (χ0v) is 20.0. The summed E-state index contributed by atoms with van der Waals surface area (Å²) in [7, 11) is 1.49. The van der Waals surface area contributed by atoms with Crippen LogP contribution in [0.5, 0.6) is 11.5 Å². The van der Waals surface area contributed by atoms with E-state index in [1.807, 2.05) is 12.1 Å². The van der Waals surface area contributed by atoms with Crippen LogP contribution in [-0.4, -0.2) is 13.0 Å². The summed E-state index contributed by atoms with van der Waals surface area (Å²) in [5.41, 5.74) is 1.86. The molecule has 0 aromatic heterocycles. The third-order valence-corrected chi connectivity index (χ3v) is 5.39. The van der Waals surface area contributed by atoms with Gasteiger partial charge in [0.2, 0.25) is 0 Å². The zero-order chi connectivity index (χ0) is 23.1.